The van der Waals surface area contributed by atoms with Crippen molar-refractivity contribution in [3.05, 3.63) is 0 Å². The summed E-state index contributed by atoms with van der Waals surface area (Å²) >= 11 is 0. The summed E-state index contributed by atoms with van der Waals surface area (Å²) < 4.78 is 0. The fraction of sp³-hybridized carbons (Fsp3) is 0.913. The number of carbonyl (C=O) groups excluding carboxylic acids is 1. The first kappa shape index (κ1) is 19.0. The second kappa shape index (κ2) is 6.28. The number of rotatable bonds is 2. The van der Waals surface area contributed by atoms with Gasteiger partial charge in [-0.2, -0.15) is 0 Å². The number of nitrogens with one attached hydrogen (secondary N) is 1. The molecule has 0 aromatic carbocycles. The molecule has 5 aliphatic rings. The smallest absolute Gasteiger partial charge is 0.152 e. The van der Waals surface area contributed by atoms with Crippen LogP contribution >= 0.6 is 0 Å². The highest BCUT2D eigenvalue weighted by molar-refractivity contribution is 5.87. The summed E-state index contributed by atoms with van der Waals surface area (Å²) in [5, 5.41) is 19.6. The van der Waals surface area contributed by atoms with Crippen molar-refractivity contribution >= 4 is 11.5 Å². The maximum absolute atomic E-state index is 12.7. The second-order valence-electron chi connectivity index (χ2n) is 11.1. The molecule has 4 saturated carbocycles. The second-order valence-corrected chi connectivity index (χ2v) is 11.1. The van der Waals surface area contributed by atoms with Crippen LogP contribution in [0.1, 0.15) is 72.1 Å². The molecule has 5 heteroatoms. The van der Waals surface area contributed by atoms with Crippen LogP contribution in [0.15, 0.2) is 5.16 Å². The molecule has 5 rings (SSSR count). The van der Waals surface area contributed by atoms with Gasteiger partial charge in [0.1, 0.15) is 5.78 Å². The van der Waals surface area contributed by atoms with E-state index in [0.29, 0.717) is 35.9 Å². The molecular formula is C23H36N2O3. The maximum Gasteiger partial charge on any atom is 0.152 e. The fourth-order valence-corrected chi connectivity index (χ4v) is 7.84. The summed E-state index contributed by atoms with van der Waals surface area (Å²) in [7, 11) is 0. The van der Waals surface area contributed by atoms with Gasteiger partial charge >= 0.3 is 0 Å². The van der Waals surface area contributed by atoms with E-state index in [1.807, 2.05) is 0 Å². The Morgan fingerprint density at radius 2 is 1.93 bits per heavy atom. The van der Waals surface area contributed by atoms with Crippen LogP contribution in [0.2, 0.25) is 0 Å². The lowest BCUT2D eigenvalue weighted by atomic mass is 9.41. The van der Waals surface area contributed by atoms with Gasteiger partial charge in [-0.25, -0.2) is 0 Å². The lowest BCUT2D eigenvalue weighted by Gasteiger charge is -2.64. The molecule has 2 N–H and O–H groups in total. The molecule has 4 aliphatic carbocycles. The summed E-state index contributed by atoms with van der Waals surface area (Å²) in [4.78, 5) is 18.3. The molecule has 5 fully saturated rings. The molecule has 1 saturated heterocycles. The molecule has 156 valence electrons. The van der Waals surface area contributed by atoms with E-state index in [-0.39, 0.29) is 16.9 Å². The van der Waals surface area contributed by atoms with Gasteiger partial charge in [0.25, 0.3) is 0 Å². The van der Waals surface area contributed by atoms with E-state index in [4.69, 9.17) is 4.84 Å². The Bertz CT molecular complexity index is 704. The average Bonchev–Trinajstić information content (AvgIpc) is 2.90. The molecule has 0 amide bonds. The maximum atomic E-state index is 12.7. The van der Waals surface area contributed by atoms with Crippen LogP contribution in [0.4, 0.5) is 0 Å². The summed E-state index contributed by atoms with van der Waals surface area (Å²) in [5.41, 5.74) is 0.165. The molecule has 0 aromatic rings. The van der Waals surface area contributed by atoms with Crippen molar-refractivity contribution in [3.63, 3.8) is 0 Å². The number of Topliss-reactive ketones (excluding diaryl/α,β-unsaturated/α-hetero) is 1. The molecule has 5 nitrogen and oxygen atoms in total. The van der Waals surface area contributed by atoms with Gasteiger partial charge in [-0.1, -0.05) is 25.9 Å². The van der Waals surface area contributed by atoms with Crippen LogP contribution in [-0.4, -0.2) is 41.4 Å². The summed E-state index contributed by atoms with van der Waals surface area (Å²) in [6.07, 6.45) is 7.51. The van der Waals surface area contributed by atoms with Crippen LogP contribution in [0.5, 0.6) is 0 Å². The van der Waals surface area contributed by atoms with Crippen molar-refractivity contribution in [2.24, 2.45) is 39.7 Å². The Kier molecular flexibility index (Phi) is 4.27. The minimum absolute atomic E-state index is 0.0752. The summed E-state index contributed by atoms with van der Waals surface area (Å²) in [6.45, 7) is 8.64. The van der Waals surface area contributed by atoms with Gasteiger partial charge in [0, 0.05) is 36.8 Å². The normalized spacial score (nSPS) is 52.6. The molecule has 0 aromatic heterocycles. The zero-order chi connectivity index (χ0) is 19.7. The van der Waals surface area contributed by atoms with Crippen LogP contribution in [0.3, 0.4) is 0 Å². The lowest BCUT2D eigenvalue weighted by molar-refractivity contribution is -0.206. The van der Waals surface area contributed by atoms with Crippen molar-refractivity contribution in [2.75, 3.05) is 13.1 Å². The van der Waals surface area contributed by atoms with E-state index in [9.17, 15) is 9.90 Å². The Morgan fingerprint density at radius 3 is 2.64 bits per heavy atom. The third kappa shape index (κ3) is 2.51. The van der Waals surface area contributed by atoms with Gasteiger partial charge in [0.05, 0.1) is 11.3 Å². The monoisotopic (exact) mass is 388 g/mol. The van der Waals surface area contributed by atoms with Crippen molar-refractivity contribution in [3.8, 4) is 0 Å². The van der Waals surface area contributed by atoms with Gasteiger partial charge in [-0.05, 0) is 62.2 Å². The van der Waals surface area contributed by atoms with Crippen LogP contribution in [-0.2, 0) is 9.63 Å². The van der Waals surface area contributed by atoms with Crippen molar-refractivity contribution in [2.45, 2.75) is 83.8 Å². The minimum atomic E-state index is -0.692. The van der Waals surface area contributed by atoms with E-state index in [2.05, 4.69) is 31.2 Å². The van der Waals surface area contributed by atoms with E-state index in [1.165, 1.54) is 0 Å². The van der Waals surface area contributed by atoms with Gasteiger partial charge < -0.3 is 15.3 Å². The number of aliphatic hydroxyl groups is 1. The molecule has 1 heterocycles. The molecule has 28 heavy (non-hydrogen) atoms. The first-order chi connectivity index (χ1) is 13.3. The fourth-order valence-electron chi connectivity index (χ4n) is 7.84. The minimum Gasteiger partial charge on any atom is -0.390 e. The summed E-state index contributed by atoms with van der Waals surface area (Å²) in [6, 6.07) is 0. The first-order valence-corrected chi connectivity index (χ1v) is 11.4. The molecule has 0 radical (unpaired) electrons. The Balaban J connectivity index is 1.41. The molecule has 7 atom stereocenters. The highest BCUT2D eigenvalue weighted by Gasteiger charge is 2.66. The molecular weight excluding hydrogens is 352 g/mol. The third-order valence-corrected chi connectivity index (χ3v) is 9.74. The quantitative estimate of drug-likeness (QED) is 0.712. The lowest BCUT2D eigenvalue weighted by Crippen LogP contribution is -2.64. The summed E-state index contributed by atoms with van der Waals surface area (Å²) in [5.74, 6) is 2.55. The van der Waals surface area contributed by atoms with Crippen LogP contribution < -0.4 is 5.32 Å². The average molecular weight is 389 g/mol. The molecule has 0 spiro atoms. The Morgan fingerprint density at radius 1 is 1.14 bits per heavy atom. The number of hydrogen-bond donors (Lipinski definition) is 2. The number of fused-ring (bicyclic) bond motifs is 5. The Labute approximate surface area is 168 Å². The largest absolute Gasteiger partial charge is 0.390 e. The molecule has 0 unspecified atom stereocenters. The number of ketones is 1. The van der Waals surface area contributed by atoms with E-state index < -0.39 is 5.60 Å². The van der Waals surface area contributed by atoms with E-state index in [0.717, 1.165) is 63.7 Å². The SMILES string of the molecule is C[C@@H]1C[C@@]2(O)CC(=NOC3CNC3)CC[C@]2(C)[C@H]2CC[C@]3(C)C(=O)CC[C@H]3[C@H]12. The van der Waals surface area contributed by atoms with Crippen LogP contribution in [0, 0.1) is 34.5 Å². The van der Waals surface area contributed by atoms with Gasteiger partial charge in [0.2, 0.25) is 0 Å². The van der Waals surface area contributed by atoms with Crippen LogP contribution in [0.25, 0.3) is 0 Å². The number of hydrogen-bond acceptors (Lipinski definition) is 5. The predicted molar refractivity (Wildman–Crippen MR) is 108 cm³/mol. The molecule has 1 aliphatic heterocycles. The first-order valence-electron chi connectivity index (χ1n) is 11.4. The highest BCUT2D eigenvalue weighted by Crippen LogP contribution is 2.67. The zero-order valence-corrected chi connectivity index (χ0v) is 17.7. The zero-order valence-electron chi connectivity index (χ0n) is 17.7. The Hall–Kier alpha value is -0.940. The number of nitrogens with zero attached hydrogens (tertiary/aromatic N) is 1. The van der Waals surface area contributed by atoms with Gasteiger partial charge in [0.15, 0.2) is 6.10 Å². The van der Waals surface area contributed by atoms with Gasteiger partial charge in [-0.3, -0.25) is 4.79 Å². The topological polar surface area (TPSA) is 70.9 Å². The third-order valence-electron chi connectivity index (χ3n) is 9.74. The number of carbonyl (C=O) groups is 1. The highest BCUT2D eigenvalue weighted by atomic mass is 16.6. The van der Waals surface area contributed by atoms with Gasteiger partial charge in [-0.15, -0.1) is 0 Å². The standard InChI is InChI=1S/C23H36N2O3/c1-14-10-23(27)11-15(25-28-16-12-24-13-16)6-9-22(23,3)18-7-8-21(2)17(20(14)18)4-5-19(21)26/h14,16-18,20,24,27H,4-13H2,1-3H3/t14-,17+,18+,20+,21+,22-,23-/m1/s1. The van der Waals surface area contributed by atoms with Crippen molar-refractivity contribution < 1.29 is 14.7 Å². The molecule has 0 bridgehead atoms. The number of oxime groups is 1. The van der Waals surface area contributed by atoms with Crippen molar-refractivity contribution in [1.82, 2.24) is 5.32 Å². The van der Waals surface area contributed by atoms with E-state index >= 15 is 0 Å². The van der Waals surface area contributed by atoms with Crippen molar-refractivity contribution in [1.29, 1.82) is 0 Å². The predicted octanol–water partition coefficient (Wildman–Crippen LogP) is 3.30. The van der Waals surface area contributed by atoms with E-state index in [1.54, 1.807) is 0 Å².